The molecule has 1 atom stereocenters. The summed E-state index contributed by atoms with van der Waals surface area (Å²) in [5.41, 5.74) is 1.64. The maximum atomic E-state index is 11.8. The van der Waals surface area contributed by atoms with Crippen LogP contribution in [0, 0.1) is 0 Å². The number of hydrogen-bond acceptors (Lipinski definition) is 4. The van der Waals surface area contributed by atoms with Crippen LogP contribution >= 0.6 is 0 Å². The lowest BCUT2D eigenvalue weighted by molar-refractivity contribution is -0.144. The Balaban J connectivity index is 1.90. The van der Waals surface area contributed by atoms with Crippen molar-refractivity contribution in [2.45, 2.75) is 32.7 Å². The number of nitrogens with one attached hydrogen (secondary N) is 1. The molecule has 0 aliphatic rings. The third-order valence-electron chi connectivity index (χ3n) is 3.54. The van der Waals surface area contributed by atoms with Crippen molar-refractivity contribution in [2.75, 3.05) is 6.61 Å². The van der Waals surface area contributed by atoms with Crippen LogP contribution in [-0.4, -0.2) is 29.5 Å². The molecule has 0 bridgehead atoms. The maximum absolute atomic E-state index is 11.8. The first-order valence-electron chi connectivity index (χ1n) is 8.08. The Bertz CT molecular complexity index is 735. The van der Waals surface area contributed by atoms with E-state index in [4.69, 9.17) is 4.74 Å². The zero-order valence-electron chi connectivity index (χ0n) is 14.0. The second-order valence-corrected chi connectivity index (χ2v) is 5.62. The summed E-state index contributed by atoms with van der Waals surface area (Å²) in [5.74, 6) is -0.842. The molecular weight excluding hydrogens is 304 g/mol. The molecular formula is C19H22N2O3. The Morgan fingerprint density at radius 3 is 2.88 bits per heavy atom. The first-order valence-corrected chi connectivity index (χ1v) is 8.08. The molecule has 0 saturated heterocycles. The van der Waals surface area contributed by atoms with E-state index in [0.29, 0.717) is 0 Å². The number of fused-ring (bicyclic) bond motifs is 1. The minimum atomic E-state index is -0.554. The summed E-state index contributed by atoms with van der Waals surface area (Å²) in [4.78, 5) is 27.7. The minimum absolute atomic E-state index is 0.0819. The summed E-state index contributed by atoms with van der Waals surface area (Å²) in [6.07, 6.45) is 6.55. The number of pyridine rings is 1. The fourth-order valence-electron chi connectivity index (χ4n) is 2.43. The van der Waals surface area contributed by atoms with E-state index in [1.165, 1.54) is 6.08 Å². The zero-order chi connectivity index (χ0) is 17.4. The van der Waals surface area contributed by atoms with Gasteiger partial charge in [-0.2, -0.15) is 0 Å². The van der Waals surface area contributed by atoms with Crippen LogP contribution in [0.25, 0.3) is 17.0 Å². The van der Waals surface area contributed by atoms with E-state index in [2.05, 4.69) is 17.2 Å². The van der Waals surface area contributed by atoms with Gasteiger partial charge in [0.25, 0.3) is 5.91 Å². The Hall–Kier alpha value is -2.69. The predicted molar refractivity (Wildman–Crippen MR) is 94.2 cm³/mol. The smallest absolute Gasteiger partial charge is 0.331 e. The average Bonchev–Trinajstić information content (AvgIpc) is 2.58. The van der Waals surface area contributed by atoms with Crippen LogP contribution in [0.2, 0.25) is 0 Å². The van der Waals surface area contributed by atoms with Gasteiger partial charge < -0.3 is 10.1 Å². The molecule has 1 unspecified atom stereocenters. The number of benzene rings is 1. The van der Waals surface area contributed by atoms with Crippen molar-refractivity contribution >= 4 is 28.9 Å². The lowest BCUT2D eigenvalue weighted by atomic mass is 10.1. The van der Waals surface area contributed by atoms with E-state index in [1.807, 2.05) is 37.3 Å². The molecule has 5 nitrogen and oxygen atoms in total. The topological polar surface area (TPSA) is 68.3 Å². The van der Waals surface area contributed by atoms with Gasteiger partial charge in [0.2, 0.25) is 0 Å². The normalized spacial score (nSPS) is 12.2. The molecule has 0 fully saturated rings. The average molecular weight is 326 g/mol. The minimum Gasteiger partial charge on any atom is -0.452 e. The number of amides is 1. The molecule has 0 aliphatic carbocycles. The molecule has 0 saturated carbocycles. The highest BCUT2D eigenvalue weighted by molar-refractivity contribution is 5.93. The number of rotatable bonds is 7. The number of nitrogens with zero attached hydrogens (tertiary/aromatic N) is 1. The van der Waals surface area contributed by atoms with Gasteiger partial charge in [-0.05, 0) is 25.5 Å². The van der Waals surface area contributed by atoms with Crippen molar-refractivity contribution in [1.29, 1.82) is 0 Å². The monoisotopic (exact) mass is 326 g/mol. The zero-order valence-corrected chi connectivity index (χ0v) is 14.0. The summed E-state index contributed by atoms with van der Waals surface area (Å²) in [6.45, 7) is 3.71. The number of aromatic nitrogens is 1. The third-order valence-corrected chi connectivity index (χ3v) is 3.54. The summed E-state index contributed by atoms with van der Waals surface area (Å²) < 4.78 is 4.96. The predicted octanol–water partition coefficient (Wildman–Crippen LogP) is 3.10. The highest BCUT2D eigenvalue weighted by Gasteiger charge is 2.08. The van der Waals surface area contributed by atoms with Gasteiger partial charge in [0.05, 0.1) is 5.52 Å². The van der Waals surface area contributed by atoms with Crippen molar-refractivity contribution in [3.05, 3.63) is 48.2 Å². The second-order valence-electron chi connectivity index (χ2n) is 5.62. The number of carbonyl (C=O) groups is 2. The first kappa shape index (κ1) is 17.7. The fourth-order valence-corrected chi connectivity index (χ4v) is 2.43. The molecule has 24 heavy (non-hydrogen) atoms. The molecule has 0 spiro atoms. The number of ether oxygens (including phenoxy) is 1. The summed E-state index contributed by atoms with van der Waals surface area (Å²) in [6, 6.07) is 9.64. The maximum Gasteiger partial charge on any atom is 0.331 e. The lowest BCUT2D eigenvalue weighted by Crippen LogP contribution is -2.35. The van der Waals surface area contributed by atoms with Crippen LogP contribution in [0.5, 0.6) is 0 Å². The van der Waals surface area contributed by atoms with Crippen molar-refractivity contribution in [3.8, 4) is 0 Å². The van der Waals surface area contributed by atoms with Gasteiger partial charge in [0.15, 0.2) is 6.61 Å². The van der Waals surface area contributed by atoms with Gasteiger partial charge in [0.1, 0.15) is 0 Å². The van der Waals surface area contributed by atoms with Gasteiger partial charge >= 0.3 is 5.97 Å². The number of para-hydroxylation sites is 1. The van der Waals surface area contributed by atoms with Crippen LogP contribution in [0.1, 0.15) is 32.3 Å². The fraction of sp³-hybridized carbons (Fsp3) is 0.316. The van der Waals surface area contributed by atoms with Crippen LogP contribution in [-0.2, 0) is 14.3 Å². The van der Waals surface area contributed by atoms with Crippen LogP contribution in [0.15, 0.2) is 42.6 Å². The molecule has 1 amide bonds. The van der Waals surface area contributed by atoms with Crippen molar-refractivity contribution in [1.82, 2.24) is 10.3 Å². The molecule has 1 N–H and O–H groups in total. The number of esters is 1. The molecule has 1 aromatic carbocycles. The lowest BCUT2D eigenvalue weighted by Gasteiger charge is -2.12. The molecule has 1 heterocycles. The van der Waals surface area contributed by atoms with Crippen LogP contribution in [0.3, 0.4) is 0 Å². The van der Waals surface area contributed by atoms with E-state index in [1.54, 1.807) is 12.3 Å². The van der Waals surface area contributed by atoms with Crippen molar-refractivity contribution < 1.29 is 14.3 Å². The second kappa shape index (κ2) is 8.82. The molecule has 2 aromatic rings. The van der Waals surface area contributed by atoms with E-state index >= 15 is 0 Å². The number of carbonyl (C=O) groups excluding carboxylic acids is 2. The number of hydrogen-bond donors (Lipinski definition) is 1. The van der Waals surface area contributed by atoms with Crippen molar-refractivity contribution in [3.63, 3.8) is 0 Å². The van der Waals surface area contributed by atoms with Gasteiger partial charge in [-0.25, -0.2) is 4.79 Å². The Kier molecular flexibility index (Phi) is 6.49. The summed E-state index contributed by atoms with van der Waals surface area (Å²) >= 11 is 0. The molecule has 126 valence electrons. The quantitative estimate of drug-likeness (QED) is 0.627. The third kappa shape index (κ3) is 5.19. The van der Waals surface area contributed by atoms with Gasteiger partial charge in [-0.3, -0.25) is 9.78 Å². The summed E-state index contributed by atoms with van der Waals surface area (Å²) in [7, 11) is 0. The highest BCUT2D eigenvalue weighted by Crippen LogP contribution is 2.17. The molecule has 2 rings (SSSR count). The molecule has 0 aliphatic heterocycles. The van der Waals surface area contributed by atoms with Crippen LogP contribution in [0.4, 0.5) is 0 Å². The van der Waals surface area contributed by atoms with E-state index < -0.39 is 5.97 Å². The Labute approximate surface area is 141 Å². The van der Waals surface area contributed by atoms with Crippen molar-refractivity contribution in [2.24, 2.45) is 0 Å². The van der Waals surface area contributed by atoms with E-state index in [-0.39, 0.29) is 18.6 Å². The van der Waals surface area contributed by atoms with E-state index in [9.17, 15) is 9.59 Å². The summed E-state index contributed by atoms with van der Waals surface area (Å²) in [5, 5.41) is 3.78. The van der Waals surface area contributed by atoms with E-state index in [0.717, 1.165) is 29.3 Å². The molecule has 0 radical (unpaired) electrons. The first-order chi connectivity index (χ1) is 11.6. The highest BCUT2D eigenvalue weighted by atomic mass is 16.5. The SMILES string of the molecule is CCCC(C)NC(=O)COC(=O)/C=C/c1cccc2cccnc12. The Morgan fingerprint density at radius 2 is 2.08 bits per heavy atom. The van der Waals surface area contributed by atoms with Gasteiger partial charge in [-0.1, -0.05) is 37.6 Å². The Morgan fingerprint density at radius 1 is 1.29 bits per heavy atom. The molecule has 1 aromatic heterocycles. The largest absolute Gasteiger partial charge is 0.452 e. The van der Waals surface area contributed by atoms with Gasteiger partial charge in [0, 0.05) is 29.3 Å². The van der Waals surface area contributed by atoms with Gasteiger partial charge in [-0.15, -0.1) is 0 Å². The van der Waals surface area contributed by atoms with Crippen LogP contribution < -0.4 is 5.32 Å². The standard InChI is InChI=1S/C19H22N2O3/c1-3-6-14(2)21-17(22)13-24-18(23)11-10-16-8-4-7-15-9-5-12-20-19(15)16/h4-5,7-12,14H,3,6,13H2,1-2H3,(H,21,22)/b11-10+. The molecule has 5 heteroatoms.